The van der Waals surface area contributed by atoms with E-state index in [1.807, 2.05) is 6.07 Å². The molecule has 0 unspecified atom stereocenters. The fraction of sp³-hybridized carbons (Fsp3) is 0. The Labute approximate surface area is 113 Å². The molecular formula is C11H9N3O3S2. The molecule has 98 valence electrons. The van der Waals surface area contributed by atoms with Crippen LogP contribution in [0.3, 0.4) is 0 Å². The summed E-state index contributed by atoms with van der Waals surface area (Å²) in [6.07, 6.45) is 0. The number of nitrogens with one attached hydrogen (secondary N) is 1. The number of benzene rings is 1. The van der Waals surface area contributed by atoms with Gasteiger partial charge in [0.1, 0.15) is 20.9 Å². The van der Waals surface area contributed by atoms with Gasteiger partial charge in [0, 0.05) is 6.07 Å². The van der Waals surface area contributed by atoms with Gasteiger partial charge in [0.05, 0.1) is 11.4 Å². The first-order valence-corrected chi connectivity index (χ1v) is 7.33. The molecule has 0 aliphatic carbocycles. The zero-order valence-corrected chi connectivity index (χ0v) is 11.1. The lowest BCUT2D eigenvalue weighted by Crippen LogP contribution is -2.12. The van der Waals surface area contributed by atoms with Crippen molar-refractivity contribution < 1.29 is 13.5 Å². The average Bonchev–Trinajstić information content (AvgIpc) is 2.82. The van der Waals surface area contributed by atoms with E-state index in [-0.39, 0.29) is 21.3 Å². The van der Waals surface area contributed by atoms with Gasteiger partial charge in [-0.25, -0.2) is 8.42 Å². The van der Waals surface area contributed by atoms with E-state index in [1.54, 1.807) is 0 Å². The highest BCUT2D eigenvalue weighted by atomic mass is 32.2. The number of phenols is 1. The van der Waals surface area contributed by atoms with Crippen LogP contribution in [-0.4, -0.2) is 13.5 Å². The number of nitriles is 1. The van der Waals surface area contributed by atoms with Gasteiger partial charge >= 0.3 is 0 Å². The first-order chi connectivity index (χ1) is 8.92. The van der Waals surface area contributed by atoms with Crippen LogP contribution in [0, 0.1) is 11.3 Å². The molecule has 8 heteroatoms. The van der Waals surface area contributed by atoms with Crippen molar-refractivity contribution in [1.82, 2.24) is 0 Å². The minimum absolute atomic E-state index is 0.0246. The molecule has 0 aliphatic heterocycles. The summed E-state index contributed by atoms with van der Waals surface area (Å²) in [5.41, 5.74) is 5.88. The number of nitrogens with zero attached hydrogens (tertiary/aromatic N) is 1. The Morgan fingerprint density at radius 3 is 2.63 bits per heavy atom. The number of anilines is 2. The predicted octanol–water partition coefficient (Wildman–Crippen LogP) is 1.71. The van der Waals surface area contributed by atoms with Crippen LogP contribution in [0.5, 0.6) is 5.75 Å². The second-order valence-electron chi connectivity index (χ2n) is 3.61. The van der Waals surface area contributed by atoms with E-state index >= 15 is 0 Å². The fourth-order valence-electron chi connectivity index (χ4n) is 1.36. The molecule has 0 spiro atoms. The number of hydrogen-bond acceptors (Lipinski definition) is 6. The number of sulfonamides is 1. The number of phenolic OH excluding ortho intramolecular Hbond substituents is 1. The highest BCUT2D eigenvalue weighted by Gasteiger charge is 2.18. The van der Waals surface area contributed by atoms with Crippen molar-refractivity contribution in [3.8, 4) is 11.8 Å². The van der Waals surface area contributed by atoms with Crippen molar-refractivity contribution in [2.45, 2.75) is 4.21 Å². The third kappa shape index (κ3) is 2.78. The zero-order valence-electron chi connectivity index (χ0n) is 9.49. The second-order valence-corrected chi connectivity index (χ2v) is 6.60. The summed E-state index contributed by atoms with van der Waals surface area (Å²) in [4.78, 5) is 0.305. The van der Waals surface area contributed by atoms with Gasteiger partial charge in [-0.3, -0.25) is 4.72 Å². The fourth-order valence-corrected chi connectivity index (χ4v) is 3.55. The van der Waals surface area contributed by atoms with Crippen molar-refractivity contribution in [3.05, 3.63) is 35.2 Å². The molecule has 0 saturated carbocycles. The molecular weight excluding hydrogens is 286 g/mol. The molecule has 0 fully saturated rings. The summed E-state index contributed by atoms with van der Waals surface area (Å²) in [7, 11) is -3.78. The Hall–Kier alpha value is -2.24. The molecule has 1 aromatic carbocycles. The van der Waals surface area contributed by atoms with E-state index in [1.165, 1.54) is 30.3 Å². The van der Waals surface area contributed by atoms with Crippen LogP contribution in [0.4, 0.5) is 11.4 Å². The molecule has 1 heterocycles. The number of nitrogen functional groups attached to an aromatic ring is 1. The van der Waals surface area contributed by atoms with Gasteiger partial charge in [0.25, 0.3) is 10.0 Å². The quantitative estimate of drug-likeness (QED) is 0.588. The van der Waals surface area contributed by atoms with Crippen LogP contribution in [0.15, 0.2) is 34.5 Å². The lowest BCUT2D eigenvalue weighted by Gasteiger charge is -2.09. The van der Waals surface area contributed by atoms with Crippen molar-refractivity contribution in [2.75, 3.05) is 10.5 Å². The molecule has 19 heavy (non-hydrogen) atoms. The molecule has 4 N–H and O–H groups in total. The Balaban J connectivity index is 2.34. The molecule has 0 bridgehead atoms. The predicted molar refractivity (Wildman–Crippen MR) is 72.4 cm³/mol. The molecule has 0 aliphatic rings. The lowest BCUT2D eigenvalue weighted by atomic mass is 10.2. The smallest absolute Gasteiger partial charge is 0.271 e. The third-order valence-corrected chi connectivity index (χ3v) is 5.08. The van der Waals surface area contributed by atoms with Gasteiger partial charge in [0.15, 0.2) is 0 Å². The molecule has 1 aromatic heterocycles. The van der Waals surface area contributed by atoms with Crippen LogP contribution in [0.1, 0.15) is 4.88 Å². The van der Waals surface area contributed by atoms with Crippen LogP contribution in [-0.2, 0) is 10.0 Å². The minimum atomic E-state index is -3.78. The number of rotatable bonds is 3. The van der Waals surface area contributed by atoms with Crippen molar-refractivity contribution in [3.63, 3.8) is 0 Å². The largest absolute Gasteiger partial charge is 0.508 e. The summed E-state index contributed by atoms with van der Waals surface area (Å²) in [5, 5.41) is 17.9. The molecule has 0 radical (unpaired) electrons. The van der Waals surface area contributed by atoms with Gasteiger partial charge < -0.3 is 10.8 Å². The Bertz CT molecular complexity index is 760. The summed E-state index contributed by atoms with van der Waals surface area (Å²) >= 11 is 0.866. The van der Waals surface area contributed by atoms with Crippen molar-refractivity contribution in [2.24, 2.45) is 0 Å². The lowest BCUT2D eigenvalue weighted by molar-refractivity contribution is 0.475. The third-order valence-electron chi connectivity index (χ3n) is 2.24. The summed E-state index contributed by atoms with van der Waals surface area (Å²) in [6, 6.07) is 8.58. The first kappa shape index (κ1) is 13.2. The number of aromatic hydroxyl groups is 1. The van der Waals surface area contributed by atoms with Crippen LogP contribution in [0.2, 0.25) is 0 Å². The van der Waals surface area contributed by atoms with Gasteiger partial charge in [-0.15, -0.1) is 11.3 Å². The van der Waals surface area contributed by atoms with Crippen molar-refractivity contribution in [1.29, 1.82) is 5.26 Å². The molecule has 0 atom stereocenters. The number of nitrogens with two attached hydrogens (primary N) is 1. The SMILES string of the molecule is N#Cc1ccc(S(=O)(=O)Nc2ccc(O)cc2N)s1. The highest BCUT2D eigenvalue weighted by Crippen LogP contribution is 2.28. The summed E-state index contributed by atoms with van der Waals surface area (Å²) in [5.74, 6) is -0.0525. The minimum Gasteiger partial charge on any atom is -0.508 e. The van der Waals surface area contributed by atoms with Gasteiger partial charge in [-0.2, -0.15) is 5.26 Å². The highest BCUT2D eigenvalue weighted by molar-refractivity contribution is 7.94. The van der Waals surface area contributed by atoms with E-state index in [0.717, 1.165) is 11.3 Å². The van der Waals surface area contributed by atoms with Crippen LogP contribution < -0.4 is 10.5 Å². The van der Waals surface area contributed by atoms with E-state index in [2.05, 4.69) is 4.72 Å². The molecule has 0 saturated heterocycles. The first-order valence-electron chi connectivity index (χ1n) is 5.03. The molecule has 0 amide bonds. The second kappa shape index (κ2) is 4.79. The Kier molecular flexibility index (Phi) is 3.33. The Morgan fingerprint density at radius 2 is 2.05 bits per heavy atom. The topological polar surface area (TPSA) is 116 Å². The van der Waals surface area contributed by atoms with Crippen LogP contribution >= 0.6 is 11.3 Å². The van der Waals surface area contributed by atoms with Gasteiger partial charge in [0.2, 0.25) is 0 Å². The van der Waals surface area contributed by atoms with Gasteiger partial charge in [-0.05, 0) is 24.3 Å². The van der Waals surface area contributed by atoms with E-state index < -0.39 is 10.0 Å². The molecule has 2 rings (SSSR count). The average molecular weight is 295 g/mol. The summed E-state index contributed by atoms with van der Waals surface area (Å²) < 4.78 is 26.4. The van der Waals surface area contributed by atoms with Gasteiger partial charge in [-0.1, -0.05) is 0 Å². The van der Waals surface area contributed by atoms with E-state index in [0.29, 0.717) is 4.88 Å². The Morgan fingerprint density at radius 1 is 1.32 bits per heavy atom. The van der Waals surface area contributed by atoms with E-state index in [4.69, 9.17) is 11.0 Å². The van der Waals surface area contributed by atoms with Crippen LogP contribution in [0.25, 0.3) is 0 Å². The zero-order chi connectivity index (χ0) is 14.0. The number of hydrogen-bond donors (Lipinski definition) is 3. The molecule has 6 nitrogen and oxygen atoms in total. The van der Waals surface area contributed by atoms with Crippen molar-refractivity contribution >= 4 is 32.7 Å². The standard InChI is InChI=1S/C11H9N3O3S2/c12-6-8-2-4-11(18-8)19(16,17)14-10-3-1-7(15)5-9(10)13/h1-5,14-15H,13H2. The maximum absolute atomic E-state index is 12.0. The normalized spacial score (nSPS) is 10.9. The summed E-state index contributed by atoms with van der Waals surface area (Å²) in [6.45, 7) is 0. The number of thiophene rings is 1. The van der Waals surface area contributed by atoms with E-state index in [9.17, 15) is 13.5 Å². The molecule has 2 aromatic rings. The monoisotopic (exact) mass is 295 g/mol. The maximum atomic E-state index is 12.0. The maximum Gasteiger partial charge on any atom is 0.271 e.